The highest BCUT2D eigenvalue weighted by molar-refractivity contribution is 5.71. The molecule has 0 aliphatic carbocycles. The first kappa shape index (κ1) is 59.6. The summed E-state index contributed by atoms with van der Waals surface area (Å²) in [7, 11) is 0. The zero-order chi connectivity index (χ0) is 45.8. The van der Waals surface area contributed by atoms with Gasteiger partial charge in [0.15, 0.2) is 6.10 Å². The van der Waals surface area contributed by atoms with Crippen LogP contribution in [0.3, 0.4) is 0 Å². The largest absolute Gasteiger partial charge is 0.462 e. The highest BCUT2D eigenvalue weighted by Crippen LogP contribution is 2.15. The van der Waals surface area contributed by atoms with Crippen molar-refractivity contribution in [2.45, 2.75) is 245 Å². The zero-order valence-corrected chi connectivity index (χ0v) is 41.1. The Bertz CT molecular complexity index is 1240. The highest BCUT2D eigenvalue weighted by Gasteiger charge is 2.19. The molecule has 6 nitrogen and oxygen atoms in total. The molecule has 0 rings (SSSR count). The summed E-state index contributed by atoms with van der Waals surface area (Å²) in [5.74, 6) is -0.954. The van der Waals surface area contributed by atoms with Crippen LogP contribution in [-0.2, 0) is 28.6 Å². The molecule has 1 atom stereocenters. The lowest BCUT2D eigenvalue weighted by atomic mass is 10.0. The van der Waals surface area contributed by atoms with Gasteiger partial charge >= 0.3 is 17.9 Å². The molecule has 0 aliphatic rings. The molecule has 0 bridgehead atoms. The maximum atomic E-state index is 12.8. The minimum atomic E-state index is -0.801. The maximum Gasteiger partial charge on any atom is 0.306 e. The van der Waals surface area contributed by atoms with E-state index in [1.807, 2.05) is 0 Å². The lowest BCUT2D eigenvalue weighted by Gasteiger charge is -2.18. The molecule has 0 radical (unpaired) electrons. The van der Waals surface area contributed by atoms with Gasteiger partial charge in [0.2, 0.25) is 0 Å². The second-order valence-corrected chi connectivity index (χ2v) is 17.0. The van der Waals surface area contributed by atoms with E-state index in [0.717, 1.165) is 122 Å². The molecule has 0 fully saturated rings. The normalized spacial score (nSPS) is 12.7. The summed E-state index contributed by atoms with van der Waals surface area (Å²) >= 11 is 0. The number of unbranched alkanes of at least 4 members (excludes halogenated alkanes) is 21. The molecule has 0 aromatic carbocycles. The van der Waals surface area contributed by atoms with Gasteiger partial charge in [-0.1, -0.05) is 215 Å². The molecule has 0 N–H and O–H groups in total. The van der Waals surface area contributed by atoms with Crippen LogP contribution in [0.25, 0.3) is 0 Å². The average molecular weight is 877 g/mol. The first-order chi connectivity index (χ1) is 31.0. The Morgan fingerprint density at radius 1 is 0.333 bits per heavy atom. The first-order valence-electron chi connectivity index (χ1n) is 26.1. The van der Waals surface area contributed by atoms with Crippen LogP contribution < -0.4 is 0 Å². The third-order valence-electron chi connectivity index (χ3n) is 10.9. The fraction of sp³-hybridized carbons (Fsp3) is 0.702. The molecule has 0 aromatic rings. The van der Waals surface area contributed by atoms with E-state index in [-0.39, 0.29) is 31.1 Å². The molecule has 0 saturated carbocycles. The van der Waals surface area contributed by atoms with E-state index in [4.69, 9.17) is 14.2 Å². The van der Waals surface area contributed by atoms with Gasteiger partial charge in [-0.2, -0.15) is 0 Å². The maximum absolute atomic E-state index is 12.8. The van der Waals surface area contributed by atoms with Crippen molar-refractivity contribution in [3.8, 4) is 0 Å². The SMILES string of the molecule is CC/C=C\C/C=C\C/C=C\C/C=C\CCCCC(=O)OCC(COC(=O)CCCCCCCCCCCCCCCCC)OC(=O)CCCCCCC/C=C\C/C=C\C/C=C\CC. The van der Waals surface area contributed by atoms with E-state index >= 15 is 0 Å². The Morgan fingerprint density at radius 3 is 1.00 bits per heavy atom. The summed E-state index contributed by atoms with van der Waals surface area (Å²) in [6.07, 6.45) is 65.7. The van der Waals surface area contributed by atoms with E-state index in [2.05, 4.69) is 106 Å². The Hall–Kier alpha value is -3.41. The molecule has 1 unspecified atom stereocenters. The van der Waals surface area contributed by atoms with E-state index in [0.29, 0.717) is 19.3 Å². The molecular formula is C57H96O6. The number of hydrogen-bond donors (Lipinski definition) is 0. The summed E-state index contributed by atoms with van der Waals surface area (Å²) in [5, 5.41) is 0. The number of carbonyl (C=O) groups is 3. The number of hydrogen-bond acceptors (Lipinski definition) is 6. The lowest BCUT2D eigenvalue weighted by Crippen LogP contribution is -2.30. The summed E-state index contributed by atoms with van der Waals surface area (Å²) in [6, 6.07) is 0. The molecule has 0 spiro atoms. The molecule has 0 aliphatic heterocycles. The number of rotatable bonds is 46. The van der Waals surface area contributed by atoms with Crippen molar-refractivity contribution in [1.82, 2.24) is 0 Å². The average Bonchev–Trinajstić information content (AvgIpc) is 3.28. The highest BCUT2D eigenvalue weighted by atomic mass is 16.6. The zero-order valence-electron chi connectivity index (χ0n) is 41.1. The van der Waals surface area contributed by atoms with Gasteiger partial charge in [-0.15, -0.1) is 0 Å². The second-order valence-electron chi connectivity index (χ2n) is 17.0. The Labute approximate surface area is 388 Å². The van der Waals surface area contributed by atoms with Gasteiger partial charge in [0, 0.05) is 19.3 Å². The smallest absolute Gasteiger partial charge is 0.306 e. The summed E-state index contributed by atoms with van der Waals surface area (Å²) in [5.41, 5.74) is 0. The van der Waals surface area contributed by atoms with Gasteiger partial charge in [-0.25, -0.2) is 0 Å². The molecular weight excluding hydrogens is 781 g/mol. The minimum absolute atomic E-state index is 0.0956. The molecule has 0 aromatic heterocycles. The van der Waals surface area contributed by atoms with Gasteiger partial charge in [0.25, 0.3) is 0 Å². The van der Waals surface area contributed by atoms with Crippen LogP contribution in [0.4, 0.5) is 0 Å². The Morgan fingerprint density at radius 2 is 0.619 bits per heavy atom. The molecule has 6 heteroatoms. The number of ether oxygens (including phenoxy) is 3. The molecule has 0 heterocycles. The standard InChI is InChI=1S/C57H96O6/c1-4-7-10-13-16-19-22-25-28-31-34-37-40-43-46-49-55(58)61-52-54(63-57(60)51-48-45-42-39-36-33-30-27-24-21-18-15-12-9-6-3)53-62-56(59)50-47-44-41-38-35-32-29-26-23-20-17-14-11-8-5-2/h7,9-10,12,16,18-19,21,25,27-28,30,34,37,54H,4-6,8,11,13-15,17,20,22-24,26,29,31-33,35-36,38-53H2,1-3H3/b10-7-,12-9-,19-16-,21-18-,28-25-,30-27-,37-34-. The topological polar surface area (TPSA) is 78.9 Å². The van der Waals surface area contributed by atoms with Crippen molar-refractivity contribution in [2.75, 3.05) is 13.2 Å². The molecule has 360 valence electrons. The van der Waals surface area contributed by atoms with Crippen LogP contribution in [0, 0.1) is 0 Å². The van der Waals surface area contributed by atoms with Crippen molar-refractivity contribution in [3.63, 3.8) is 0 Å². The van der Waals surface area contributed by atoms with Gasteiger partial charge in [-0.05, 0) is 89.9 Å². The van der Waals surface area contributed by atoms with Crippen LogP contribution in [-0.4, -0.2) is 37.2 Å². The third kappa shape index (κ3) is 49.5. The van der Waals surface area contributed by atoms with Crippen LogP contribution in [0.5, 0.6) is 0 Å². The monoisotopic (exact) mass is 877 g/mol. The quantitative estimate of drug-likeness (QED) is 0.0262. The van der Waals surface area contributed by atoms with E-state index < -0.39 is 6.10 Å². The predicted molar refractivity (Wildman–Crippen MR) is 270 cm³/mol. The third-order valence-corrected chi connectivity index (χ3v) is 10.9. The van der Waals surface area contributed by atoms with E-state index in [9.17, 15) is 14.4 Å². The fourth-order valence-corrected chi connectivity index (χ4v) is 7.04. The first-order valence-corrected chi connectivity index (χ1v) is 26.1. The summed E-state index contributed by atoms with van der Waals surface area (Å²) in [4.78, 5) is 38.0. The van der Waals surface area contributed by atoms with Gasteiger partial charge in [-0.3, -0.25) is 14.4 Å². The van der Waals surface area contributed by atoms with Gasteiger partial charge < -0.3 is 14.2 Å². The second kappa shape index (κ2) is 51.2. The fourth-order valence-electron chi connectivity index (χ4n) is 7.04. The van der Waals surface area contributed by atoms with Crippen molar-refractivity contribution in [3.05, 3.63) is 85.1 Å². The van der Waals surface area contributed by atoms with Crippen LogP contribution in [0.1, 0.15) is 239 Å². The molecule has 63 heavy (non-hydrogen) atoms. The van der Waals surface area contributed by atoms with Crippen molar-refractivity contribution >= 4 is 17.9 Å². The lowest BCUT2D eigenvalue weighted by molar-refractivity contribution is -0.167. The molecule has 0 amide bonds. The summed E-state index contributed by atoms with van der Waals surface area (Å²) in [6.45, 7) is 6.36. The number of carbonyl (C=O) groups excluding carboxylic acids is 3. The van der Waals surface area contributed by atoms with Gasteiger partial charge in [0.1, 0.15) is 13.2 Å². The summed E-state index contributed by atoms with van der Waals surface area (Å²) < 4.78 is 16.8. The van der Waals surface area contributed by atoms with Crippen LogP contribution in [0.15, 0.2) is 85.1 Å². The van der Waals surface area contributed by atoms with Crippen molar-refractivity contribution < 1.29 is 28.6 Å². The molecule has 0 saturated heterocycles. The number of allylic oxidation sites excluding steroid dienone is 14. The van der Waals surface area contributed by atoms with Gasteiger partial charge in [0.05, 0.1) is 0 Å². The predicted octanol–water partition coefficient (Wildman–Crippen LogP) is 17.2. The van der Waals surface area contributed by atoms with E-state index in [1.165, 1.54) is 77.0 Å². The number of esters is 3. The van der Waals surface area contributed by atoms with Crippen LogP contribution in [0.2, 0.25) is 0 Å². The Balaban J connectivity index is 4.47. The van der Waals surface area contributed by atoms with Crippen molar-refractivity contribution in [1.29, 1.82) is 0 Å². The van der Waals surface area contributed by atoms with Crippen molar-refractivity contribution in [2.24, 2.45) is 0 Å². The Kier molecular flexibility index (Phi) is 48.5. The minimum Gasteiger partial charge on any atom is -0.462 e. The van der Waals surface area contributed by atoms with Crippen LogP contribution >= 0.6 is 0 Å². The van der Waals surface area contributed by atoms with E-state index in [1.54, 1.807) is 0 Å².